The number of nitrogens with zero attached hydrogens (tertiary/aromatic N) is 3. The van der Waals surface area contributed by atoms with Gasteiger partial charge in [-0.2, -0.15) is 5.10 Å². The van der Waals surface area contributed by atoms with Crippen molar-refractivity contribution in [3.8, 4) is 0 Å². The summed E-state index contributed by atoms with van der Waals surface area (Å²) in [6.07, 6.45) is 0.924. The smallest absolute Gasteiger partial charge is 0.259 e. The monoisotopic (exact) mass is 275 g/mol. The summed E-state index contributed by atoms with van der Waals surface area (Å²) in [5.41, 5.74) is 1.59. The summed E-state index contributed by atoms with van der Waals surface area (Å²) in [6.45, 7) is 3.54. The van der Waals surface area contributed by atoms with Crippen molar-refractivity contribution in [2.24, 2.45) is 0 Å². The number of carbonyl (C=O) groups excluding carboxylic acids is 1. The zero-order valence-electron chi connectivity index (χ0n) is 10.6. The first-order chi connectivity index (χ1) is 9.15. The fourth-order valence-corrected chi connectivity index (χ4v) is 2.49. The lowest BCUT2D eigenvalue weighted by Crippen LogP contribution is -2.37. The summed E-state index contributed by atoms with van der Waals surface area (Å²) in [5, 5.41) is 5.03. The van der Waals surface area contributed by atoms with E-state index in [0.717, 1.165) is 31.0 Å². The van der Waals surface area contributed by atoms with Gasteiger partial charge in [-0.25, -0.2) is 4.68 Å². The zero-order chi connectivity index (χ0) is 13.4. The summed E-state index contributed by atoms with van der Waals surface area (Å²) < 4.78 is 1.90. The third kappa shape index (κ3) is 2.24. The van der Waals surface area contributed by atoms with Crippen molar-refractivity contribution in [3.63, 3.8) is 0 Å². The minimum atomic E-state index is -0.00230. The first kappa shape index (κ1) is 12.2. The Morgan fingerprint density at radius 2 is 2.00 bits per heavy atom. The molecule has 1 aliphatic heterocycles. The Morgan fingerprint density at radius 3 is 2.74 bits per heavy atom. The van der Waals surface area contributed by atoms with E-state index in [0.29, 0.717) is 10.6 Å². The average molecular weight is 276 g/mol. The second-order valence-electron chi connectivity index (χ2n) is 4.68. The minimum Gasteiger partial charge on any atom is -0.293 e. The molecule has 2 heterocycles. The first-order valence-corrected chi connectivity index (χ1v) is 6.65. The maximum Gasteiger partial charge on any atom is 0.259 e. The molecule has 0 saturated carbocycles. The first-order valence-electron chi connectivity index (χ1n) is 6.27. The highest BCUT2D eigenvalue weighted by Gasteiger charge is 2.24. The molecule has 19 heavy (non-hydrogen) atoms. The Bertz CT molecular complexity index is 618. The molecule has 98 valence electrons. The predicted octanol–water partition coefficient (Wildman–Crippen LogP) is 2.90. The highest BCUT2D eigenvalue weighted by atomic mass is 35.5. The molecule has 0 fully saturated rings. The molecule has 0 atom stereocenters. The maximum atomic E-state index is 12.5. The van der Waals surface area contributed by atoms with Crippen LogP contribution in [0, 0.1) is 6.92 Å². The fourth-order valence-electron chi connectivity index (χ4n) is 2.36. The van der Waals surface area contributed by atoms with Crippen molar-refractivity contribution in [2.45, 2.75) is 19.9 Å². The van der Waals surface area contributed by atoms with Crippen molar-refractivity contribution < 1.29 is 4.79 Å². The van der Waals surface area contributed by atoms with E-state index in [-0.39, 0.29) is 5.91 Å². The molecule has 0 N–H and O–H groups in total. The van der Waals surface area contributed by atoms with Crippen LogP contribution < -0.4 is 4.90 Å². The van der Waals surface area contributed by atoms with Crippen LogP contribution in [0.3, 0.4) is 0 Å². The molecule has 5 heteroatoms. The standard InChI is InChI=1S/C14H14ClN3O/c1-10-9-13-17(7-2-8-18(13)16-10)14(19)11-3-5-12(15)6-4-11/h3-6,9H,2,7-8H2,1H3. The number of aromatic nitrogens is 2. The Hall–Kier alpha value is -1.81. The molecule has 3 rings (SSSR count). The average Bonchev–Trinajstić information content (AvgIpc) is 2.78. The molecule has 0 bridgehead atoms. The summed E-state index contributed by atoms with van der Waals surface area (Å²) in [4.78, 5) is 14.3. The quantitative estimate of drug-likeness (QED) is 0.803. The Balaban J connectivity index is 1.94. The van der Waals surface area contributed by atoms with E-state index in [1.54, 1.807) is 29.2 Å². The van der Waals surface area contributed by atoms with Crippen molar-refractivity contribution in [1.29, 1.82) is 0 Å². The van der Waals surface area contributed by atoms with Crippen molar-refractivity contribution in [3.05, 3.63) is 46.6 Å². The van der Waals surface area contributed by atoms with Gasteiger partial charge in [-0.3, -0.25) is 9.69 Å². The number of amides is 1. The maximum absolute atomic E-state index is 12.5. The van der Waals surface area contributed by atoms with Crippen LogP contribution in [0.1, 0.15) is 22.5 Å². The molecule has 1 aromatic carbocycles. The summed E-state index contributed by atoms with van der Waals surface area (Å²) >= 11 is 5.85. The number of benzene rings is 1. The molecule has 0 spiro atoms. The van der Waals surface area contributed by atoms with E-state index < -0.39 is 0 Å². The molecule has 0 radical (unpaired) electrons. The molecule has 0 aliphatic carbocycles. The van der Waals surface area contributed by atoms with E-state index in [1.165, 1.54) is 0 Å². The lowest BCUT2D eigenvalue weighted by molar-refractivity contribution is 0.0981. The van der Waals surface area contributed by atoms with Crippen LogP contribution in [0.15, 0.2) is 30.3 Å². The predicted molar refractivity (Wildman–Crippen MR) is 74.7 cm³/mol. The van der Waals surface area contributed by atoms with Gasteiger partial charge in [0, 0.05) is 29.7 Å². The number of hydrogen-bond donors (Lipinski definition) is 0. The highest BCUT2D eigenvalue weighted by molar-refractivity contribution is 6.30. The molecule has 4 nitrogen and oxygen atoms in total. The molecule has 1 aliphatic rings. The second kappa shape index (κ2) is 4.70. The largest absolute Gasteiger partial charge is 0.293 e. The lowest BCUT2D eigenvalue weighted by Gasteiger charge is -2.27. The summed E-state index contributed by atoms with van der Waals surface area (Å²) in [7, 11) is 0. The number of hydrogen-bond acceptors (Lipinski definition) is 2. The van der Waals surface area contributed by atoms with Crippen LogP contribution in [-0.2, 0) is 6.54 Å². The van der Waals surface area contributed by atoms with Gasteiger partial charge in [0.15, 0.2) is 0 Å². The van der Waals surface area contributed by atoms with Crippen molar-refractivity contribution in [2.75, 3.05) is 11.4 Å². The summed E-state index contributed by atoms with van der Waals surface area (Å²) in [6, 6.07) is 8.94. The van der Waals surface area contributed by atoms with Gasteiger partial charge in [-0.1, -0.05) is 11.6 Å². The van der Waals surface area contributed by atoms with Crippen molar-refractivity contribution >= 4 is 23.3 Å². The van der Waals surface area contributed by atoms with Crippen molar-refractivity contribution in [1.82, 2.24) is 9.78 Å². The van der Waals surface area contributed by atoms with E-state index in [2.05, 4.69) is 5.10 Å². The third-order valence-corrected chi connectivity index (χ3v) is 3.50. The fraction of sp³-hybridized carbons (Fsp3) is 0.286. The van der Waals surface area contributed by atoms with Crippen LogP contribution in [0.5, 0.6) is 0 Å². The Kier molecular flexibility index (Phi) is 3.03. The molecule has 1 amide bonds. The SMILES string of the molecule is Cc1cc2n(n1)CCCN2C(=O)c1ccc(Cl)cc1. The molecule has 2 aromatic rings. The Labute approximate surface area is 116 Å². The van der Waals surface area contributed by atoms with E-state index in [9.17, 15) is 4.79 Å². The van der Waals surface area contributed by atoms with Gasteiger partial charge in [0.25, 0.3) is 5.91 Å². The highest BCUT2D eigenvalue weighted by Crippen LogP contribution is 2.24. The van der Waals surface area contributed by atoms with Crippen LogP contribution in [0.4, 0.5) is 5.82 Å². The molecular weight excluding hydrogens is 262 g/mol. The van der Waals surface area contributed by atoms with Gasteiger partial charge >= 0.3 is 0 Å². The molecular formula is C14H14ClN3O. The van der Waals surface area contributed by atoms with E-state index >= 15 is 0 Å². The van der Waals surface area contributed by atoms with Crippen LogP contribution in [0.2, 0.25) is 5.02 Å². The van der Waals surface area contributed by atoms with E-state index in [1.807, 2.05) is 17.7 Å². The summed E-state index contributed by atoms with van der Waals surface area (Å²) in [5.74, 6) is 0.876. The van der Waals surface area contributed by atoms with E-state index in [4.69, 9.17) is 11.6 Å². The van der Waals surface area contributed by atoms with Gasteiger partial charge in [0.2, 0.25) is 0 Å². The topological polar surface area (TPSA) is 38.1 Å². The Morgan fingerprint density at radius 1 is 1.26 bits per heavy atom. The van der Waals surface area contributed by atoms with Gasteiger partial charge in [-0.05, 0) is 37.6 Å². The lowest BCUT2D eigenvalue weighted by atomic mass is 10.2. The normalized spacial score (nSPS) is 14.3. The van der Waals surface area contributed by atoms with Gasteiger partial charge in [0.05, 0.1) is 5.69 Å². The zero-order valence-corrected chi connectivity index (χ0v) is 11.4. The van der Waals surface area contributed by atoms with Gasteiger partial charge in [-0.15, -0.1) is 0 Å². The van der Waals surface area contributed by atoms with Gasteiger partial charge in [0.1, 0.15) is 5.82 Å². The number of carbonyl (C=O) groups is 1. The molecule has 0 unspecified atom stereocenters. The van der Waals surface area contributed by atoms with Crippen LogP contribution in [0.25, 0.3) is 0 Å². The number of aryl methyl sites for hydroxylation is 2. The number of halogens is 1. The van der Waals surface area contributed by atoms with Gasteiger partial charge < -0.3 is 0 Å². The number of fused-ring (bicyclic) bond motifs is 1. The molecule has 1 aromatic heterocycles. The minimum absolute atomic E-state index is 0.00230. The third-order valence-electron chi connectivity index (χ3n) is 3.25. The van der Waals surface area contributed by atoms with Crippen LogP contribution >= 0.6 is 11.6 Å². The number of anilines is 1. The second-order valence-corrected chi connectivity index (χ2v) is 5.12. The molecule has 0 saturated heterocycles. The number of rotatable bonds is 1. The van der Waals surface area contributed by atoms with Crippen LogP contribution in [-0.4, -0.2) is 22.2 Å².